The van der Waals surface area contributed by atoms with Gasteiger partial charge in [0.15, 0.2) is 0 Å². The number of carbonyl (C=O) groups excluding carboxylic acids is 1. The van der Waals surface area contributed by atoms with E-state index in [2.05, 4.69) is 36.3 Å². The van der Waals surface area contributed by atoms with Crippen LogP contribution in [0.1, 0.15) is 51.4 Å². The fraction of sp³-hybridized carbons (Fsp3) is 0.714. The molecule has 5 nitrogen and oxygen atoms in total. The van der Waals surface area contributed by atoms with Crippen molar-refractivity contribution < 1.29 is 9.53 Å². The van der Waals surface area contributed by atoms with Crippen molar-refractivity contribution in [3.05, 3.63) is 17.5 Å². The minimum absolute atomic E-state index is 0.0191. The van der Waals surface area contributed by atoms with Crippen molar-refractivity contribution in [2.45, 2.75) is 58.1 Å². The van der Waals surface area contributed by atoms with Crippen LogP contribution in [0, 0.1) is 0 Å². The number of H-pyrrole nitrogens is 1. The molecule has 1 unspecified atom stereocenters. The number of carbonyl (C=O) groups is 1. The summed E-state index contributed by atoms with van der Waals surface area (Å²) in [6.45, 7) is 7.50. The lowest BCUT2D eigenvalue weighted by molar-refractivity contribution is -0.135. The first-order valence-corrected chi connectivity index (χ1v) is 6.91. The Labute approximate surface area is 114 Å². The smallest absolute Gasteiger partial charge is 0.249 e. The molecule has 1 fully saturated rings. The van der Waals surface area contributed by atoms with Crippen LogP contribution in [0.4, 0.5) is 0 Å². The Morgan fingerprint density at radius 1 is 1.53 bits per heavy atom. The molecule has 1 aliphatic heterocycles. The number of rotatable bonds is 3. The van der Waals surface area contributed by atoms with E-state index in [1.165, 1.54) is 0 Å². The second kappa shape index (κ2) is 5.74. The van der Waals surface area contributed by atoms with E-state index in [-0.39, 0.29) is 17.4 Å². The van der Waals surface area contributed by atoms with Crippen LogP contribution in [-0.2, 0) is 21.5 Å². The lowest BCUT2D eigenvalue weighted by Gasteiger charge is -2.21. The van der Waals surface area contributed by atoms with E-state index in [9.17, 15) is 4.79 Å². The summed E-state index contributed by atoms with van der Waals surface area (Å²) in [6.07, 6.45) is 2.66. The van der Waals surface area contributed by atoms with Gasteiger partial charge in [-0.3, -0.25) is 9.89 Å². The van der Waals surface area contributed by atoms with E-state index < -0.39 is 0 Å². The molecule has 1 aromatic rings. The van der Waals surface area contributed by atoms with E-state index in [1.54, 1.807) is 0 Å². The van der Waals surface area contributed by atoms with E-state index in [1.807, 2.05) is 6.07 Å². The third kappa shape index (κ3) is 3.80. The van der Waals surface area contributed by atoms with Gasteiger partial charge in [-0.15, -0.1) is 0 Å². The highest BCUT2D eigenvalue weighted by atomic mass is 16.5. The lowest BCUT2D eigenvalue weighted by Crippen LogP contribution is -2.38. The van der Waals surface area contributed by atoms with Crippen LogP contribution in [-0.4, -0.2) is 28.8 Å². The largest absolute Gasteiger partial charge is 0.368 e. The molecule has 0 aliphatic carbocycles. The number of hydrogen-bond acceptors (Lipinski definition) is 3. The number of aromatic amines is 1. The van der Waals surface area contributed by atoms with Gasteiger partial charge >= 0.3 is 0 Å². The molecule has 0 saturated carbocycles. The van der Waals surface area contributed by atoms with Crippen LogP contribution in [0.25, 0.3) is 0 Å². The third-order valence-corrected chi connectivity index (χ3v) is 3.32. The summed E-state index contributed by atoms with van der Waals surface area (Å²) in [6, 6.07) is 2.00. The maximum absolute atomic E-state index is 11.9. The minimum Gasteiger partial charge on any atom is -0.368 e. The molecule has 0 radical (unpaired) electrons. The Morgan fingerprint density at radius 2 is 2.32 bits per heavy atom. The van der Waals surface area contributed by atoms with Gasteiger partial charge in [-0.25, -0.2) is 0 Å². The van der Waals surface area contributed by atoms with Gasteiger partial charge in [0.2, 0.25) is 5.91 Å². The normalized spacial score (nSPS) is 20.3. The Kier molecular flexibility index (Phi) is 4.24. The van der Waals surface area contributed by atoms with Crippen molar-refractivity contribution in [2.75, 3.05) is 6.61 Å². The first-order chi connectivity index (χ1) is 8.97. The summed E-state index contributed by atoms with van der Waals surface area (Å²) in [5.41, 5.74) is 1.95. The molecule has 0 spiro atoms. The molecule has 1 aliphatic rings. The molecule has 1 amide bonds. The van der Waals surface area contributed by atoms with Crippen molar-refractivity contribution >= 4 is 5.91 Å². The third-order valence-electron chi connectivity index (χ3n) is 3.32. The van der Waals surface area contributed by atoms with E-state index >= 15 is 0 Å². The fourth-order valence-electron chi connectivity index (χ4n) is 2.08. The number of nitrogens with one attached hydrogen (secondary N) is 2. The highest BCUT2D eigenvalue weighted by Crippen LogP contribution is 2.20. The van der Waals surface area contributed by atoms with Crippen LogP contribution < -0.4 is 5.32 Å². The quantitative estimate of drug-likeness (QED) is 0.877. The summed E-state index contributed by atoms with van der Waals surface area (Å²) in [4.78, 5) is 11.9. The van der Waals surface area contributed by atoms with Crippen molar-refractivity contribution in [1.82, 2.24) is 15.5 Å². The molecule has 0 aromatic carbocycles. The van der Waals surface area contributed by atoms with Crippen LogP contribution in [0.15, 0.2) is 6.07 Å². The monoisotopic (exact) mass is 265 g/mol. The number of nitrogens with zero attached hydrogens (tertiary/aromatic N) is 1. The first kappa shape index (κ1) is 14.1. The Bertz CT molecular complexity index is 428. The highest BCUT2D eigenvalue weighted by Gasteiger charge is 2.22. The highest BCUT2D eigenvalue weighted by molar-refractivity contribution is 5.80. The van der Waals surface area contributed by atoms with Crippen LogP contribution >= 0.6 is 0 Å². The summed E-state index contributed by atoms with van der Waals surface area (Å²) >= 11 is 0. The van der Waals surface area contributed by atoms with Crippen molar-refractivity contribution in [3.63, 3.8) is 0 Å². The number of ether oxygens (including phenoxy) is 1. The number of hydrogen-bond donors (Lipinski definition) is 2. The van der Waals surface area contributed by atoms with Gasteiger partial charge in [-0.1, -0.05) is 20.8 Å². The zero-order valence-electron chi connectivity index (χ0n) is 12.0. The molecule has 1 atom stereocenters. The minimum atomic E-state index is -0.279. The molecule has 19 heavy (non-hydrogen) atoms. The number of aromatic nitrogens is 2. The van der Waals surface area contributed by atoms with Crippen LogP contribution in [0.5, 0.6) is 0 Å². The van der Waals surface area contributed by atoms with Gasteiger partial charge in [-0.2, -0.15) is 5.10 Å². The molecule has 0 bridgehead atoms. The Balaban J connectivity index is 1.85. The van der Waals surface area contributed by atoms with Crippen LogP contribution in [0.2, 0.25) is 0 Å². The standard InChI is InChI=1S/C14H23N3O2/c1-14(2,3)12-8-10(16-17-12)9-15-13(18)11-6-4-5-7-19-11/h8,11H,4-7,9H2,1-3H3,(H,15,18)(H,16,17). The maximum Gasteiger partial charge on any atom is 0.249 e. The molecule has 2 N–H and O–H groups in total. The summed E-state index contributed by atoms with van der Waals surface area (Å²) in [5.74, 6) is -0.0217. The molecular weight excluding hydrogens is 242 g/mol. The average Bonchev–Trinajstić information content (AvgIpc) is 2.86. The predicted octanol–water partition coefficient (Wildman–Crippen LogP) is 1.89. The van der Waals surface area contributed by atoms with Gasteiger partial charge in [0.25, 0.3) is 0 Å². The molecule has 5 heteroatoms. The van der Waals surface area contributed by atoms with Gasteiger partial charge in [0.05, 0.1) is 17.9 Å². The second-order valence-electron chi connectivity index (χ2n) is 6.10. The fourth-order valence-corrected chi connectivity index (χ4v) is 2.08. The van der Waals surface area contributed by atoms with Crippen LogP contribution in [0.3, 0.4) is 0 Å². The van der Waals surface area contributed by atoms with Crippen molar-refractivity contribution in [1.29, 1.82) is 0 Å². The summed E-state index contributed by atoms with van der Waals surface area (Å²) < 4.78 is 5.45. The molecule has 2 heterocycles. The van der Waals surface area contributed by atoms with E-state index in [4.69, 9.17) is 4.74 Å². The summed E-state index contributed by atoms with van der Waals surface area (Å²) in [7, 11) is 0. The zero-order valence-corrected chi connectivity index (χ0v) is 12.0. The SMILES string of the molecule is CC(C)(C)c1cc(CNC(=O)C2CCCCO2)[nH]n1. The summed E-state index contributed by atoms with van der Waals surface area (Å²) in [5, 5.41) is 10.1. The van der Waals surface area contributed by atoms with Gasteiger partial charge in [0.1, 0.15) is 6.10 Å². The van der Waals surface area contributed by atoms with E-state index in [0.717, 1.165) is 30.7 Å². The Hall–Kier alpha value is -1.36. The first-order valence-electron chi connectivity index (χ1n) is 6.91. The molecule has 106 valence electrons. The molecule has 1 saturated heterocycles. The van der Waals surface area contributed by atoms with Crippen molar-refractivity contribution in [3.8, 4) is 0 Å². The second-order valence-corrected chi connectivity index (χ2v) is 6.10. The van der Waals surface area contributed by atoms with Crippen molar-refractivity contribution in [2.24, 2.45) is 0 Å². The molecule has 2 rings (SSSR count). The van der Waals surface area contributed by atoms with Gasteiger partial charge in [0, 0.05) is 12.0 Å². The topological polar surface area (TPSA) is 67.0 Å². The number of amides is 1. The van der Waals surface area contributed by atoms with Gasteiger partial charge < -0.3 is 10.1 Å². The van der Waals surface area contributed by atoms with Gasteiger partial charge in [-0.05, 0) is 25.3 Å². The Morgan fingerprint density at radius 3 is 2.89 bits per heavy atom. The maximum atomic E-state index is 11.9. The molecule has 1 aromatic heterocycles. The lowest BCUT2D eigenvalue weighted by atomic mass is 9.92. The average molecular weight is 265 g/mol. The predicted molar refractivity (Wildman–Crippen MR) is 72.7 cm³/mol. The van der Waals surface area contributed by atoms with E-state index in [0.29, 0.717) is 13.2 Å². The zero-order chi connectivity index (χ0) is 13.9. The molecular formula is C14H23N3O2.